The third kappa shape index (κ3) is 13.2. The molecule has 2 N–H and O–H groups in total. The van der Waals surface area contributed by atoms with Crippen LogP contribution < -0.4 is 10.6 Å². The van der Waals surface area contributed by atoms with Gasteiger partial charge in [0.15, 0.2) is 5.96 Å². The van der Waals surface area contributed by atoms with Gasteiger partial charge >= 0.3 is 0 Å². The highest BCUT2D eigenvalue weighted by molar-refractivity contribution is 7.98. The fraction of sp³-hybridized carbons (Fsp3) is 0.933. The van der Waals surface area contributed by atoms with Crippen molar-refractivity contribution in [2.24, 2.45) is 10.4 Å². The summed E-state index contributed by atoms with van der Waals surface area (Å²) in [5, 5.41) is 6.57. The molecule has 0 aromatic carbocycles. The molecule has 0 rings (SSSR count). The smallest absolute Gasteiger partial charge is 0.191 e. The molecule has 0 aromatic heterocycles. The Hall–Kier alpha value is -0.430. The minimum atomic E-state index is -2.91. The van der Waals surface area contributed by atoms with Crippen LogP contribution in [0.25, 0.3) is 0 Å². The summed E-state index contributed by atoms with van der Waals surface area (Å²) in [6, 6.07) is 0. The highest BCUT2D eigenvalue weighted by Gasteiger charge is 2.20. The largest absolute Gasteiger partial charge is 0.357 e. The fourth-order valence-corrected chi connectivity index (χ4v) is 3.17. The van der Waals surface area contributed by atoms with Crippen LogP contribution in [0.2, 0.25) is 0 Å². The predicted molar refractivity (Wildman–Crippen MR) is 99.7 cm³/mol. The van der Waals surface area contributed by atoms with Gasteiger partial charge in [0.2, 0.25) is 0 Å². The summed E-state index contributed by atoms with van der Waals surface area (Å²) in [7, 11) is -2.91. The predicted octanol–water partition coefficient (Wildman–Crippen LogP) is 2.15. The van der Waals surface area contributed by atoms with E-state index in [1.807, 2.05) is 18.7 Å². The maximum Gasteiger partial charge on any atom is 0.191 e. The average molecular weight is 352 g/mol. The van der Waals surface area contributed by atoms with Gasteiger partial charge in [-0.1, -0.05) is 13.8 Å². The molecule has 0 aliphatic rings. The Morgan fingerprint density at radius 1 is 1.23 bits per heavy atom. The van der Waals surface area contributed by atoms with Crippen LogP contribution in [-0.2, 0) is 9.84 Å². The van der Waals surface area contributed by atoms with Gasteiger partial charge in [-0.25, -0.2) is 8.42 Å². The number of hydrogen-bond acceptors (Lipinski definition) is 4. The van der Waals surface area contributed by atoms with Crippen molar-refractivity contribution in [3.8, 4) is 0 Å². The lowest BCUT2D eigenvalue weighted by molar-refractivity contribution is 0.365. The van der Waals surface area contributed by atoms with Gasteiger partial charge in [-0.15, -0.1) is 0 Å². The van der Waals surface area contributed by atoms with E-state index in [0.29, 0.717) is 13.0 Å². The lowest BCUT2D eigenvalue weighted by atomic mass is 9.90. The first kappa shape index (κ1) is 21.6. The Kier molecular flexibility index (Phi) is 10.9. The van der Waals surface area contributed by atoms with Crippen LogP contribution in [0.4, 0.5) is 0 Å². The van der Waals surface area contributed by atoms with E-state index in [0.717, 1.165) is 25.5 Å². The lowest BCUT2D eigenvalue weighted by Crippen LogP contribution is -2.38. The molecule has 0 aliphatic heterocycles. The number of nitrogens with one attached hydrogen (secondary N) is 2. The minimum absolute atomic E-state index is 0.121. The molecular formula is C15H33N3O2S2. The number of unbranched alkanes of at least 4 members (excludes halogenated alkanes) is 1. The standard InChI is InChI=1S/C15H33N3O2S2/c1-6-16-14(17-10-7-8-11-21-4)18-13-15(2,3)9-12-22(5,19)20/h6-13H2,1-5H3,(H2,16,17,18). The SMILES string of the molecule is CCNC(=NCC(C)(C)CCS(C)(=O)=O)NCCCCSC. The highest BCUT2D eigenvalue weighted by atomic mass is 32.2. The third-order valence-corrected chi connectivity index (χ3v) is 4.87. The summed E-state index contributed by atoms with van der Waals surface area (Å²) in [6.07, 6.45) is 6.36. The van der Waals surface area contributed by atoms with Crippen molar-refractivity contribution in [2.45, 2.75) is 40.0 Å². The molecular weight excluding hydrogens is 318 g/mol. The maximum atomic E-state index is 11.3. The maximum absolute atomic E-state index is 11.3. The van der Waals surface area contributed by atoms with Crippen LogP contribution in [0.5, 0.6) is 0 Å². The van der Waals surface area contributed by atoms with Crippen molar-refractivity contribution in [1.29, 1.82) is 0 Å². The van der Waals surface area contributed by atoms with Gasteiger partial charge in [0.1, 0.15) is 9.84 Å². The first-order chi connectivity index (χ1) is 10.2. The Balaban J connectivity index is 4.32. The molecule has 132 valence electrons. The van der Waals surface area contributed by atoms with Gasteiger partial charge < -0.3 is 10.6 Å². The molecule has 0 saturated carbocycles. The fourth-order valence-electron chi connectivity index (χ4n) is 1.75. The van der Waals surface area contributed by atoms with Gasteiger partial charge in [0.05, 0.1) is 5.75 Å². The molecule has 0 aliphatic carbocycles. The number of aliphatic imine (C=N–C) groups is 1. The number of guanidine groups is 1. The van der Waals surface area contributed by atoms with E-state index in [4.69, 9.17) is 0 Å². The Morgan fingerprint density at radius 3 is 2.45 bits per heavy atom. The van der Waals surface area contributed by atoms with Crippen molar-refractivity contribution >= 4 is 27.6 Å². The molecule has 0 radical (unpaired) electrons. The average Bonchev–Trinajstić information content (AvgIpc) is 2.42. The molecule has 0 spiro atoms. The summed E-state index contributed by atoms with van der Waals surface area (Å²) in [5.41, 5.74) is -0.121. The van der Waals surface area contributed by atoms with Crippen molar-refractivity contribution in [3.05, 3.63) is 0 Å². The van der Waals surface area contributed by atoms with Crippen LogP contribution in [0, 0.1) is 5.41 Å². The molecule has 0 saturated heterocycles. The van der Waals surface area contributed by atoms with E-state index < -0.39 is 9.84 Å². The zero-order valence-electron chi connectivity index (χ0n) is 14.7. The van der Waals surface area contributed by atoms with Crippen LogP contribution in [0.1, 0.15) is 40.0 Å². The highest BCUT2D eigenvalue weighted by Crippen LogP contribution is 2.21. The normalized spacial score (nSPS) is 13.2. The zero-order valence-corrected chi connectivity index (χ0v) is 16.4. The third-order valence-electron chi connectivity index (χ3n) is 3.23. The molecule has 7 heteroatoms. The number of nitrogens with zero attached hydrogens (tertiary/aromatic N) is 1. The second-order valence-electron chi connectivity index (χ2n) is 6.37. The zero-order chi connectivity index (χ0) is 17.1. The van der Waals surface area contributed by atoms with Gasteiger partial charge in [0, 0.05) is 25.9 Å². The second-order valence-corrected chi connectivity index (χ2v) is 9.61. The van der Waals surface area contributed by atoms with Crippen LogP contribution in [0.3, 0.4) is 0 Å². The van der Waals surface area contributed by atoms with Gasteiger partial charge in [-0.2, -0.15) is 11.8 Å². The van der Waals surface area contributed by atoms with Crippen molar-refractivity contribution < 1.29 is 8.42 Å². The number of thioether (sulfide) groups is 1. The Morgan fingerprint density at radius 2 is 1.91 bits per heavy atom. The molecule has 0 unspecified atom stereocenters. The Labute approximate surface area is 141 Å². The van der Waals surface area contributed by atoms with Crippen molar-refractivity contribution in [3.63, 3.8) is 0 Å². The van der Waals surface area contributed by atoms with Crippen molar-refractivity contribution in [2.75, 3.05) is 43.7 Å². The summed E-state index contributed by atoms with van der Waals surface area (Å²) in [6.45, 7) is 8.51. The minimum Gasteiger partial charge on any atom is -0.357 e. The monoisotopic (exact) mass is 351 g/mol. The summed E-state index contributed by atoms with van der Waals surface area (Å²) >= 11 is 1.87. The van der Waals surface area contributed by atoms with Crippen LogP contribution in [0.15, 0.2) is 4.99 Å². The first-order valence-electron chi connectivity index (χ1n) is 7.89. The molecule has 5 nitrogen and oxygen atoms in total. The molecule has 0 heterocycles. The van der Waals surface area contributed by atoms with Gasteiger partial charge in [0.25, 0.3) is 0 Å². The second kappa shape index (κ2) is 11.2. The van der Waals surface area contributed by atoms with Gasteiger partial charge in [-0.05, 0) is 43.6 Å². The Bertz CT molecular complexity index is 421. The van der Waals surface area contributed by atoms with Gasteiger partial charge in [-0.3, -0.25) is 4.99 Å². The van der Waals surface area contributed by atoms with Crippen LogP contribution >= 0.6 is 11.8 Å². The topological polar surface area (TPSA) is 70.6 Å². The molecule has 0 aromatic rings. The quantitative estimate of drug-likeness (QED) is 0.339. The summed E-state index contributed by atoms with van der Waals surface area (Å²) in [5.74, 6) is 2.22. The molecule has 0 fully saturated rings. The van der Waals surface area contributed by atoms with E-state index in [-0.39, 0.29) is 11.2 Å². The molecule has 22 heavy (non-hydrogen) atoms. The van der Waals surface area contributed by atoms with Crippen LogP contribution in [-0.4, -0.2) is 58.0 Å². The van der Waals surface area contributed by atoms with E-state index in [9.17, 15) is 8.42 Å². The number of hydrogen-bond donors (Lipinski definition) is 2. The molecule has 0 amide bonds. The summed E-state index contributed by atoms with van der Waals surface area (Å²) < 4.78 is 22.6. The van der Waals surface area contributed by atoms with E-state index in [1.54, 1.807) is 0 Å². The van der Waals surface area contributed by atoms with E-state index in [1.165, 1.54) is 18.4 Å². The molecule has 0 bridgehead atoms. The lowest BCUT2D eigenvalue weighted by Gasteiger charge is -2.22. The molecule has 0 atom stereocenters. The van der Waals surface area contributed by atoms with E-state index >= 15 is 0 Å². The number of rotatable bonds is 11. The van der Waals surface area contributed by atoms with E-state index in [2.05, 4.69) is 35.7 Å². The first-order valence-corrected chi connectivity index (χ1v) is 11.3. The van der Waals surface area contributed by atoms with Crippen molar-refractivity contribution in [1.82, 2.24) is 10.6 Å². The number of sulfone groups is 1. The summed E-state index contributed by atoms with van der Waals surface area (Å²) in [4.78, 5) is 4.60.